The van der Waals surface area contributed by atoms with Gasteiger partial charge in [0.25, 0.3) is 0 Å². The molecule has 0 aliphatic heterocycles. The third kappa shape index (κ3) is 4.26. The fourth-order valence-corrected chi connectivity index (χ4v) is 2.84. The van der Waals surface area contributed by atoms with Crippen LogP contribution < -0.4 is 19.5 Å². The molecule has 2 aromatic carbocycles. The largest absolute Gasteiger partial charge is 0.493 e. The Morgan fingerprint density at radius 3 is 2.34 bits per heavy atom. The molecule has 0 aliphatic carbocycles. The average molecular weight is 401 g/mol. The molecule has 0 fully saturated rings. The number of nitrogens with one attached hydrogen (secondary N) is 1. The van der Waals surface area contributed by atoms with E-state index in [1.807, 2.05) is 0 Å². The van der Waals surface area contributed by atoms with Crippen LogP contribution in [0.3, 0.4) is 0 Å². The smallest absolute Gasteiger partial charge is 0.228 e. The maximum Gasteiger partial charge on any atom is 0.228 e. The fourth-order valence-electron chi connectivity index (χ4n) is 2.84. The third-order valence-corrected chi connectivity index (χ3v) is 4.17. The minimum absolute atomic E-state index is 0.0489. The van der Waals surface area contributed by atoms with Gasteiger partial charge in [-0.1, -0.05) is 0 Å². The van der Waals surface area contributed by atoms with Crippen LogP contribution in [0.1, 0.15) is 11.4 Å². The summed E-state index contributed by atoms with van der Waals surface area (Å²) in [4.78, 5) is 12.5. The Morgan fingerprint density at radius 1 is 1.10 bits per heavy atom. The molecule has 0 unspecified atom stereocenters. The first kappa shape index (κ1) is 20.1. The van der Waals surface area contributed by atoms with E-state index in [-0.39, 0.29) is 18.0 Å². The van der Waals surface area contributed by atoms with E-state index in [0.29, 0.717) is 34.3 Å². The number of ether oxygens (including phenoxy) is 3. The van der Waals surface area contributed by atoms with E-state index in [1.54, 1.807) is 19.1 Å². The number of amides is 1. The first-order valence-corrected chi connectivity index (χ1v) is 8.60. The van der Waals surface area contributed by atoms with Crippen LogP contribution in [0.2, 0.25) is 0 Å². The number of benzene rings is 2. The number of methoxy groups -OCH3 is 3. The van der Waals surface area contributed by atoms with Gasteiger partial charge in [-0.25, -0.2) is 4.39 Å². The Kier molecular flexibility index (Phi) is 5.91. The van der Waals surface area contributed by atoms with Crippen molar-refractivity contribution in [1.82, 2.24) is 20.2 Å². The summed E-state index contributed by atoms with van der Waals surface area (Å²) in [5.41, 5.74) is 1.21. The number of aryl methyl sites for hydroxylation is 1. The molecule has 0 spiro atoms. The number of tetrazole rings is 1. The van der Waals surface area contributed by atoms with Gasteiger partial charge in [-0.05, 0) is 53.2 Å². The molecule has 1 N–H and O–H groups in total. The first-order chi connectivity index (χ1) is 14.0. The van der Waals surface area contributed by atoms with E-state index in [1.165, 1.54) is 44.2 Å². The monoisotopic (exact) mass is 401 g/mol. The van der Waals surface area contributed by atoms with Gasteiger partial charge < -0.3 is 19.5 Å². The molecule has 10 heteroatoms. The zero-order valence-electron chi connectivity index (χ0n) is 16.4. The SMILES string of the molecule is COc1cc(CC(=O)Nc2ccc(F)c(-n3nnnc3C)c2)cc(OC)c1OC. The molecular formula is C19H20FN5O4. The molecule has 1 amide bonds. The summed E-state index contributed by atoms with van der Waals surface area (Å²) in [6.45, 7) is 1.65. The van der Waals surface area contributed by atoms with E-state index >= 15 is 0 Å². The molecule has 1 aromatic heterocycles. The van der Waals surface area contributed by atoms with Crippen LogP contribution in [-0.4, -0.2) is 47.4 Å². The molecule has 0 radical (unpaired) electrons. The summed E-state index contributed by atoms with van der Waals surface area (Å²) >= 11 is 0. The summed E-state index contributed by atoms with van der Waals surface area (Å²) in [6.07, 6.45) is 0.0489. The predicted molar refractivity (Wildman–Crippen MR) is 102 cm³/mol. The second-order valence-electron chi connectivity index (χ2n) is 6.06. The highest BCUT2D eigenvalue weighted by atomic mass is 19.1. The Bertz CT molecular complexity index is 1010. The number of hydrogen-bond donors (Lipinski definition) is 1. The summed E-state index contributed by atoms with van der Waals surface area (Å²) in [5, 5.41) is 13.7. The highest BCUT2D eigenvalue weighted by Gasteiger charge is 2.16. The number of aromatic nitrogens is 4. The van der Waals surface area contributed by atoms with Crippen molar-refractivity contribution in [2.45, 2.75) is 13.3 Å². The van der Waals surface area contributed by atoms with Crippen molar-refractivity contribution < 1.29 is 23.4 Å². The lowest BCUT2D eigenvalue weighted by molar-refractivity contribution is -0.115. The number of carbonyl (C=O) groups excluding carboxylic acids is 1. The summed E-state index contributed by atoms with van der Waals surface area (Å²) in [6, 6.07) is 7.56. The Balaban J connectivity index is 1.81. The lowest BCUT2D eigenvalue weighted by Gasteiger charge is -2.14. The molecular weight excluding hydrogens is 381 g/mol. The van der Waals surface area contributed by atoms with E-state index in [9.17, 15) is 9.18 Å². The minimum Gasteiger partial charge on any atom is -0.493 e. The van der Waals surface area contributed by atoms with Crippen molar-refractivity contribution in [1.29, 1.82) is 0 Å². The molecule has 3 aromatic rings. The van der Waals surface area contributed by atoms with Crippen molar-refractivity contribution >= 4 is 11.6 Å². The maximum atomic E-state index is 14.2. The van der Waals surface area contributed by atoms with Crippen LogP contribution in [0.15, 0.2) is 30.3 Å². The number of halogens is 1. The van der Waals surface area contributed by atoms with E-state index in [0.717, 1.165) is 0 Å². The molecule has 0 aliphatic rings. The summed E-state index contributed by atoms with van der Waals surface area (Å²) in [5.74, 6) is 0.956. The minimum atomic E-state index is -0.511. The Hall–Kier alpha value is -3.69. The zero-order chi connectivity index (χ0) is 21.0. The Labute approximate surface area is 166 Å². The summed E-state index contributed by atoms with van der Waals surface area (Å²) in [7, 11) is 4.51. The van der Waals surface area contributed by atoms with E-state index in [2.05, 4.69) is 20.8 Å². The van der Waals surface area contributed by atoms with Gasteiger partial charge in [0.15, 0.2) is 17.3 Å². The second kappa shape index (κ2) is 8.55. The fraction of sp³-hybridized carbons (Fsp3) is 0.263. The topological polar surface area (TPSA) is 100 Å². The molecule has 9 nitrogen and oxygen atoms in total. The molecule has 0 atom stereocenters. The molecule has 0 saturated carbocycles. The first-order valence-electron chi connectivity index (χ1n) is 8.60. The third-order valence-electron chi connectivity index (χ3n) is 4.17. The van der Waals surface area contributed by atoms with Gasteiger partial charge in [-0.3, -0.25) is 4.79 Å². The highest BCUT2D eigenvalue weighted by Crippen LogP contribution is 2.38. The van der Waals surface area contributed by atoms with Gasteiger partial charge >= 0.3 is 0 Å². The van der Waals surface area contributed by atoms with Gasteiger partial charge in [0, 0.05) is 5.69 Å². The molecule has 0 saturated heterocycles. The maximum absolute atomic E-state index is 14.2. The van der Waals surface area contributed by atoms with Gasteiger partial charge in [0.1, 0.15) is 11.5 Å². The highest BCUT2D eigenvalue weighted by molar-refractivity contribution is 5.92. The van der Waals surface area contributed by atoms with Crippen molar-refractivity contribution in [3.8, 4) is 22.9 Å². The van der Waals surface area contributed by atoms with Crippen molar-refractivity contribution in [2.75, 3.05) is 26.6 Å². The predicted octanol–water partition coefficient (Wildman–Crippen LogP) is 2.32. The van der Waals surface area contributed by atoms with Crippen LogP contribution in [0.4, 0.5) is 10.1 Å². The van der Waals surface area contributed by atoms with E-state index in [4.69, 9.17) is 14.2 Å². The van der Waals surface area contributed by atoms with Gasteiger partial charge in [0.2, 0.25) is 11.7 Å². The number of nitrogens with zero attached hydrogens (tertiary/aromatic N) is 4. The Morgan fingerprint density at radius 2 is 1.79 bits per heavy atom. The number of rotatable bonds is 7. The van der Waals surface area contributed by atoms with E-state index < -0.39 is 5.82 Å². The quantitative estimate of drug-likeness (QED) is 0.648. The van der Waals surface area contributed by atoms with Crippen LogP contribution >= 0.6 is 0 Å². The normalized spacial score (nSPS) is 10.5. The van der Waals surface area contributed by atoms with Crippen molar-refractivity contribution in [2.24, 2.45) is 0 Å². The van der Waals surface area contributed by atoms with Gasteiger partial charge in [-0.15, -0.1) is 5.10 Å². The molecule has 29 heavy (non-hydrogen) atoms. The van der Waals surface area contributed by atoms with Gasteiger partial charge in [0.05, 0.1) is 27.8 Å². The van der Waals surface area contributed by atoms with Crippen LogP contribution in [-0.2, 0) is 11.2 Å². The lowest BCUT2D eigenvalue weighted by atomic mass is 10.1. The number of carbonyl (C=O) groups is 1. The standard InChI is InChI=1S/C19H20FN5O4/c1-11-22-23-24-25(11)15-10-13(5-6-14(15)20)21-18(26)9-12-7-16(27-2)19(29-4)17(8-12)28-3/h5-8,10H,9H2,1-4H3,(H,21,26). The second-order valence-corrected chi connectivity index (χ2v) is 6.06. The molecule has 152 valence electrons. The van der Waals surface area contributed by atoms with Crippen molar-refractivity contribution in [3.63, 3.8) is 0 Å². The molecule has 0 bridgehead atoms. The number of hydrogen-bond acceptors (Lipinski definition) is 7. The van der Waals surface area contributed by atoms with Crippen LogP contribution in [0, 0.1) is 12.7 Å². The summed E-state index contributed by atoms with van der Waals surface area (Å²) < 4.78 is 31.3. The molecule has 1 heterocycles. The van der Waals surface area contributed by atoms with Crippen LogP contribution in [0.5, 0.6) is 17.2 Å². The lowest BCUT2D eigenvalue weighted by Crippen LogP contribution is -2.15. The van der Waals surface area contributed by atoms with Crippen LogP contribution in [0.25, 0.3) is 5.69 Å². The van der Waals surface area contributed by atoms with Crippen molar-refractivity contribution in [3.05, 3.63) is 47.5 Å². The zero-order valence-corrected chi connectivity index (χ0v) is 16.4. The van der Waals surface area contributed by atoms with Gasteiger partial charge in [-0.2, -0.15) is 4.68 Å². The number of anilines is 1. The molecule has 3 rings (SSSR count). The average Bonchev–Trinajstić information content (AvgIpc) is 3.14.